The van der Waals surface area contributed by atoms with Crippen molar-refractivity contribution in [1.29, 1.82) is 0 Å². The predicted molar refractivity (Wildman–Crippen MR) is 26.5 cm³/mol. The molecule has 0 radical (unpaired) electrons. The summed E-state index contributed by atoms with van der Waals surface area (Å²) in [5, 5.41) is 10.9. The molecule has 0 spiro atoms. The number of hydrogen-bond donors (Lipinski definition) is 2. The molecule has 0 amide bonds. The molecule has 0 aliphatic heterocycles. The Morgan fingerprint density at radius 1 is 1.78 bits per heavy atom. The molecule has 0 aliphatic carbocycles. The topological polar surface area (TPSA) is 58.0 Å². The number of aromatic hydroxyl groups is 1. The summed E-state index contributed by atoms with van der Waals surface area (Å²) in [7, 11) is 1.52. The molecule has 1 heterocycles. The van der Waals surface area contributed by atoms with Crippen molar-refractivity contribution in [3.63, 3.8) is 0 Å². The van der Waals surface area contributed by atoms with E-state index in [1.807, 2.05) is 0 Å². The van der Waals surface area contributed by atoms with Gasteiger partial charge in [-0.15, -0.1) is 0 Å². The molecule has 1 aromatic heterocycles. The van der Waals surface area contributed by atoms with E-state index in [0.717, 1.165) is 0 Å². The second kappa shape index (κ2) is 3.57. The third kappa shape index (κ3) is 2.27. The Morgan fingerprint density at radius 3 is 2.44 bits per heavy atom. The van der Waals surface area contributed by atoms with Crippen molar-refractivity contribution < 1.29 is 56.5 Å². The molecular weight excluding hydrogens is 147 g/mol. The summed E-state index contributed by atoms with van der Waals surface area (Å²) in [6, 6.07) is 2.11. The van der Waals surface area contributed by atoms with E-state index in [-0.39, 0.29) is 57.3 Å². The molecule has 0 aliphatic rings. The van der Waals surface area contributed by atoms with Gasteiger partial charge in [0.05, 0.1) is 5.56 Å². The van der Waals surface area contributed by atoms with E-state index in [1.54, 1.807) is 0 Å². The van der Waals surface area contributed by atoms with Crippen molar-refractivity contribution in [2.75, 3.05) is 0 Å². The van der Waals surface area contributed by atoms with E-state index < -0.39 is 5.56 Å². The van der Waals surface area contributed by atoms with Crippen LogP contribution in [-0.2, 0) is 7.05 Å². The maximum Gasteiger partial charge on any atom is 1.00 e. The molecule has 0 atom stereocenters. The van der Waals surface area contributed by atoms with Crippen LogP contribution in [-0.4, -0.2) is 14.9 Å². The Morgan fingerprint density at radius 2 is 2.33 bits per heavy atom. The molecule has 0 unspecified atom stereocenters. The third-order valence-electron chi connectivity index (χ3n) is 0.812. The van der Waals surface area contributed by atoms with Crippen LogP contribution in [0.5, 0.6) is 5.88 Å². The zero-order valence-electron chi connectivity index (χ0n) is 5.30. The number of aryl methyl sites for hydroxylation is 1. The molecule has 5 heteroatoms. The minimum Gasteiger partial charge on any atom is -0.526 e. The summed E-state index contributed by atoms with van der Waals surface area (Å²) >= 11 is 0. The Labute approximate surface area is 94.3 Å². The van der Waals surface area contributed by atoms with Gasteiger partial charge in [-0.05, 0) is 0 Å². The van der Waals surface area contributed by atoms with Gasteiger partial charge in [0, 0.05) is 12.9 Å². The molecule has 1 aromatic rings. The number of nitrogens with zero attached hydrogens (tertiary/aromatic N) is 1. The first-order valence-corrected chi connectivity index (χ1v) is 2.07. The van der Waals surface area contributed by atoms with E-state index >= 15 is 0 Å². The molecule has 1 rings (SSSR count). The zero-order chi connectivity index (χ0) is 6.15. The minimum atomic E-state index is -0.412. The fourth-order valence-electron chi connectivity index (χ4n) is 0.419. The zero-order valence-corrected chi connectivity index (χ0v) is 8.43. The van der Waals surface area contributed by atoms with Gasteiger partial charge in [0.2, 0.25) is 0 Å². The standard InChI is InChI=1S/C4H5N2O2.K/c1-6-4(8)2-3(7)5-6;/h8H,1H3,(H,5,7);/q-1;+1. The maximum atomic E-state index is 10.2. The number of rotatable bonds is 0. The second-order valence-corrected chi connectivity index (χ2v) is 1.45. The van der Waals surface area contributed by atoms with Crippen LogP contribution in [0.2, 0.25) is 0 Å². The molecular formula is C4H5KN2O2. The number of H-pyrrole nitrogens is 1. The van der Waals surface area contributed by atoms with Crippen LogP contribution < -0.4 is 56.9 Å². The van der Waals surface area contributed by atoms with Crippen LogP contribution in [0.1, 0.15) is 0 Å². The van der Waals surface area contributed by atoms with Crippen LogP contribution in [0.25, 0.3) is 0 Å². The average molecular weight is 152 g/mol. The number of nitrogens with one attached hydrogen (secondary N) is 1. The van der Waals surface area contributed by atoms with Gasteiger partial charge in [-0.3, -0.25) is 9.78 Å². The quantitative estimate of drug-likeness (QED) is 0.296. The second-order valence-electron chi connectivity index (χ2n) is 1.45. The van der Waals surface area contributed by atoms with E-state index in [0.29, 0.717) is 0 Å². The normalized spacial score (nSPS) is 8.56. The van der Waals surface area contributed by atoms with Gasteiger partial charge in [0.25, 0.3) is 0 Å². The fourth-order valence-corrected chi connectivity index (χ4v) is 0.419. The van der Waals surface area contributed by atoms with Gasteiger partial charge in [-0.2, -0.15) is 0 Å². The number of hydrogen-bond acceptors (Lipinski definition) is 2. The number of aromatic amines is 1. The number of aromatic nitrogens is 2. The van der Waals surface area contributed by atoms with Crippen LogP contribution in [0.15, 0.2) is 4.79 Å². The molecule has 0 aromatic carbocycles. The summed E-state index contributed by atoms with van der Waals surface area (Å²) < 4.78 is 1.18. The van der Waals surface area contributed by atoms with E-state index in [2.05, 4.69) is 11.2 Å². The average Bonchev–Trinajstić information content (AvgIpc) is 1.85. The molecule has 0 bridgehead atoms. The van der Waals surface area contributed by atoms with Crippen molar-refractivity contribution in [1.82, 2.24) is 9.78 Å². The minimum absolute atomic E-state index is 0. The van der Waals surface area contributed by atoms with Gasteiger partial charge >= 0.3 is 51.4 Å². The Bertz CT molecular complexity index is 216. The smallest absolute Gasteiger partial charge is 0.526 e. The van der Waals surface area contributed by atoms with Crippen molar-refractivity contribution in [3.05, 3.63) is 16.4 Å². The molecule has 4 nitrogen and oxygen atoms in total. The summed E-state index contributed by atoms with van der Waals surface area (Å²) in [5.74, 6) is -0.171. The Balaban J connectivity index is 0.000000640. The molecule has 0 fully saturated rings. The third-order valence-corrected chi connectivity index (χ3v) is 0.812. The molecule has 2 N–H and O–H groups in total. The first kappa shape index (κ1) is 9.45. The molecule has 9 heavy (non-hydrogen) atoms. The van der Waals surface area contributed by atoms with Crippen molar-refractivity contribution in [2.45, 2.75) is 0 Å². The van der Waals surface area contributed by atoms with Gasteiger partial charge < -0.3 is 16.0 Å². The molecule has 44 valence electrons. The van der Waals surface area contributed by atoms with Gasteiger partial charge in [-0.25, -0.2) is 0 Å². The summed E-state index contributed by atoms with van der Waals surface area (Å²) in [5.41, 5.74) is -0.412. The predicted octanol–water partition coefficient (Wildman–Crippen LogP) is -3.78. The van der Waals surface area contributed by atoms with E-state index in [9.17, 15) is 4.79 Å². The SMILES string of the molecule is Cn1[nH]c(=O)[c-]c1O.[K+]. The fraction of sp³-hybridized carbons (Fsp3) is 0.250. The van der Waals surface area contributed by atoms with Gasteiger partial charge in [0.1, 0.15) is 0 Å². The van der Waals surface area contributed by atoms with E-state index in [4.69, 9.17) is 5.11 Å². The van der Waals surface area contributed by atoms with Crippen LogP contribution >= 0.6 is 0 Å². The Hall–Kier alpha value is 0.446. The van der Waals surface area contributed by atoms with Crippen LogP contribution in [0.3, 0.4) is 0 Å². The summed E-state index contributed by atoms with van der Waals surface area (Å²) in [6.45, 7) is 0. The van der Waals surface area contributed by atoms with Crippen LogP contribution in [0.4, 0.5) is 0 Å². The first-order chi connectivity index (χ1) is 3.70. The monoisotopic (exact) mass is 152 g/mol. The summed E-state index contributed by atoms with van der Waals surface area (Å²) in [4.78, 5) is 10.2. The van der Waals surface area contributed by atoms with Crippen LogP contribution in [0, 0.1) is 6.07 Å². The largest absolute Gasteiger partial charge is 1.00 e. The maximum absolute atomic E-state index is 10.2. The van der Waals surface area contributed by atoms with Gasteiger partial charge in [-0.1, -0.05) is 0 Å². The Kier molecular flexibility index (Phi) is 3.75. The summed E-state index contributed by atoms with van der Waals surface area (Å²) in [6.07, 6.45) is 0. The molecule has 0 saturated heterocycles. The van der Waals surface area contributed by atoms with Crippen molar-refractivity contribution in [2.24, 2.45) is 7.05 Å². The first-order valence-electron chi connectivity index (χ1n) is 2.07. The van der Waals surface area contributed by atoms with Crippen molar-refractivity contribution >= 4 is 0 Å². The van der Waals surface area contributed by atoms with Crippen molar-refractivity contribution in [3.8, 4) is 5.88 Å². The molecule has 0 saturated carbocycles. The van der Waals surface area contributed by atoms with E-state index in [1.165, 1.54) is 11.7 Å². The van der Waals surface area contributed by atoms with Gasteiger partial charge in [0.15, 0.2) is 0 Å².